The highest BCUT2D eigenvalue weighted by molar-refractivity contribution is 5.78. The van der Waals surface area contributed by atoms with Gasteiger partial charge in [-0.2, -0.15) is 0 Å². The topological polar surface area (TPSA) is 65.7 Å². The van der Waals surface area contributed by atoms with Gasteiger partial charge in [0.05, 0.1) is 0 Å². The molecule has 0 saturated carbocycles. The second-order valence-electron chi connectivity index (χ2n) is 3.29. The standard InChI is InChI=1S/C10H25N5/c1-4-12-10(14-11)13-8-7-9-15(5-2)6-3/h4-9,11H2,1-3H3,(H2,12,13,14). The van der Waals surface area contributed by atoms with Crippen LogP contribution in [0, 0.1) is 0 Å². The highest BCUT2D eigenvalue weighted by atomic mass is 15.3. The fourth-order valence-corrected chi connectivity index (χ4v) is 1.35. The second kappa shape index (κ2) is 9.73. The van der Waals surface area contributed by atoms with Crippen LogP contribution in [0.1, 0.15) is 27.2 Å². The molecule has 0 amide bonds. The van der Waals surface area contributed by atoms with Crippen LogP contribution in [0.25, 0.3) is 0 Å². The maximum absolute atomic E-state index is 5.30. The summed E-state index contributed by atoms with van der Waals surface area (Å²) in [4.78, 5) is 6.70. The first-order valence-corrected chi connectivity index (χ1v) is 5.75. The van der Waals surface area contributed by atoms with E-state index in [0.29, 0.717) is 5.96 Å². The minimum Gasteiger partial charge on any atom is -0.356 e. The van der Waals surface area contributed by atoms with Crippen LogP contribution in [0.3, 0.4) is 0 Å². The van der Waals surface area contributed by atoms with Gasteiger partial charge < -0.3 is 10.2 Å². The Balaban J connectivity index is 3.65. The number of nitrogens with two attached hydrogens (primary N) is 1. The summed E-state index contributed by atoms with van der Waals surface area (Å²) in [6, 6.07) is 0. The molecule has 0 radical (unpaired) electrons. The van der Waals surface area contributed by atoms with Crippen molar-refractivity contribution >= 4 is 5.96 Å². The van der Waals surface area contributed by atoms with Crippen molar-refractivity contribution in [1.82, 2.24) is 15.6 Å². The summed E-state index contributed by atoms with van der Waals surface area (Å²) >= 11 is 0. The van der Waals surface area contributed by atoms with Crippen molar-refractivity contribution in [1.29, 1.82) is 0 Å². The Kier molecular flexibility index (Phi) is 9.21. The predicted molar refractivity (Wildman–Crippen MR) is 65.7 cm³/mol. The second-order valence-corrected chi connectivity index (χ2v) is 3.29. The van der Waals surface area contributed by atoms with Gasteiger partial charge in [-0.15, -0.1) is 0 Å². The first-order chi connectivity index (χ1) is 7.28. The Bertz CT molecular complexity index is 165. The maximum Gasteiger partial charge on any atom is 0.205 e. The van der Waals surface area contributed by atoms with E-state index in [1.54, 1.807) is 0 Å². The van der Waals surface area contributed by atoms with Crippen LogP contribution in [0.15, 0.2) is 4.99 Å². The van der Waals surface area contributed by atoms with Crippen molar-refractivity contribution in [3.63, 3.8) is 0 Å². The van der Waals surface area contributed by atoms with E-state index >= 15 is 0 Å². The third-order valence-corrected chi connectivity index (χ3v) is 2.28. The monoisotopic (exact) mass is 215 g/mol. The number of aliphatic imine (C=N–C) groups is 1. The van der Waals surface area contributed by atoms with E-state index in [9.17, 15) is 0 Å². The van der Waals surface area contributed by atoms with Crippen LogP contribution in [0.4, 0.5) is 0 Å². The molecule has 0 bridgehead atoms. The molecule has 0 fully saturated rings. The molecule has 5 nitrogen and oxygen atoms in total. The molecule has 0 spiro atoms. The molecule has 0 aliphatic rings. The normalized spacial score (nSPS) is 11.9. The summed E-state index contributed by atoms with van der Waals surface area (Å²) in [6.07, 6.45) is 1.07. The summed E-state index contributed by atoms with van der Waals surface area (Å²) < 4.78 is 0. The Labute approximate surface area is 93.1 Å². The van der Waals surface area contributed by atoms with Crippen molar-refractivity contribution in [2.45, 2.75) is 27.2 Å². The summed E-state index contributed by atoms with van der Waals surface area (Å²) in [5.41, 5.74) is 2.54. The Morgan fingerprint density at radius 1 is 1.27 bits per heavy atom. The Hall–Kier alpha value is -0.810. The van der Waals surface area contributed by atoms with Gasteiger partial charge in [-0.1, -0.05) is 13.8 Å². The third-order valence-electron chi connectivity index (χ3n) is 2.28. The van der Waals surface area contributed by atoms with Crippen molar-refractivity contribution in [3.8, 4) is 0 Å². The van der Waals surface area contributed by atoms with Gasteiger partial charge in [-0.25, -0.2) is 5.84 Å². The number of hydrogen-bond acceptors (Lipinski definition) is 3. The van der Waals surface area contributed by atoms with Crippen molar-refractivity contribution in [2.24, 2.45) is 10.8 Å². The van der Waals surface area contributed by atoms with E-state index in [1.807, 2.05) is 6.92 Å². The molecule has 15 heavy (non-hydrogen) atoms. The molecule has 0 atom stereocenters. The molecule has 0 saturated heterocycles. The fraction of sp³-hybridized carbons (Fsp3) is 0.900. The van der Waals surface area contributed by atoms with E-state index in [4.69, 9.17) is 5.84 Å². The van der Waals surface area contributed by atoms with Crippen LogP contribution in [0.2, 0.25) is 0 Å². The average Bonchev–Trinajstić information content (AvgIpc) is 2.28. The highest BCUT2D eigenvalue weighted by Gasteiger charge is 1.97. The van der Waals surface area contributed by atoms with Gasteiger partial charge in [0.1, 0.15) is 0 Å². The molecule has 0 aliphatic carbocycles. The molecule has 0 aliphatic heterocycles. The smallest absolute Gasteiger partial charge is 0.205 e. The minimum absolute atomic E-state index is 0.678. The molecular weight excluding hydrogens is 190 g/mol. The van der Waals surface area contributed by atoms with Crippen molar-refractivity contribution < 1.29 is 0 Å². The minimum atomic E-state index is 0.678. The Morgan fingerprint density at radius 2 is 1.93 bits per heavy atom. The maximum atomic E-state index is 5.30. The van der Waals surface area contributed by atoms with E-state index in [2.05, 4.69) is 34.5 Å². The van der Waals surface area contributed by atoms with Crippen LogP contribution in [-0.2, 0) is 0 Å². The number of nitrogens with zero attached hydrogens (tertiary/aromatic N) is 2. The van der Waals surface area contributed by atoms with E-state index in [1.165, 1.54) is 0 Å². The van der Waals surface area contributed by atoms with E-state index in [-0.39, 0.29) is 0 Å². The van der Waals surface area contributed by atoms with Crippen LogP contribution in [-0.4, -0.2) is 43.6 Å². The zero-order chi connectivity index (χ0) is 11.5. The predicted octanol–water partition coefficient (Wildman–Crippen LogP) is 0.147. The lowest BCUT2D eigenvalue weighted by Gasteiger charge is -2.16. The largest absolute Gasteiger partial charge is 0.356 e. The lowest BCUT2D eigenvalue weighted by atomic mass is 10.4. The van der Waals surface area contributed by atoms with Gasteiger partial charge in [-0.05, 0) is 33.0 Å². The zero-order valence-electron chi connectivity index (χ0n) is 10.2. The van der Waals surface area contributed by atoms with Gasteiger partial charge in [-0.3, -0.25) is 10.4 Å². The number of nitrogens with one attached hydrogen (secondary N) is 2. The van der Waals surface area contributed by atoms with Crippen LogP contribution < -0.4 is 16.6 Å². The summed E-state index contributed by atoms with van der Waals surface area (Å²) in [7, 11) is 0. The molecule has 0 aromatic rings. The van der Waals surface area contributed by atoms with Crippen molar-refractivity contribution in [3.05, 3.63) is 0 Å². The molecular formula is C10H25N5. The van der Waals surface area contributed by atoms with E-state index < -0.39 is 0 Å². The first kappa shape index (κ1) is 14.2. The van der Waals surface area contributed by atoms with Gasteiger partial charge >= 0.3 is 0 Å². The number of hydrazine groups is 1. The zero-order valence-corrected chi connectivity index (χ0v) is 10.2. The number of hydrogen-bond donors (Lipinski definition) is 3. The SMILES string of the molecule is CCNC(=NCCCN(CC)CC)NN. The summed E-state index contributed by atoms with van der Waals surface area (Å²) in [6.45, 7) is 11.3. The summed E-state index contributed by atoms with van der Waals surface area (Å²) in [5.74, 6) is 5.98. The molecule has 0 unspecified atom stereocenters. The first-order valence-electron chi connectivity index (χ1n) is 5.75. The number of rotatable bonds is 7. The molecule has 0 heterocycles. The molecule has 0 aromatic heterocycles. The average molecular weight is 215 g/mol. The van der Waals surface area contributed by atoms with Gasteiger partial charge in [0.2, 0.25) is 5.96 Å². The third kappa shape index (κ3) is 7.16. The van der Waals surface area contributed by atoms with E-state index in [0.717, 1.165) is 39.1 Å². The summed E-state index contributed by atoms with van der Waals surface area (Å²) in [5, 5.41) is 3.05. The molecule has 5 heteroatoms. The fourth-order valence-electron chi connectivity index (χ4n) is 1.35. The van der Waals surface area contributed by atoms with Gasteiger partial charge in [0.15, 0.2) is 0 Å². The lowest BCUT2D eigenvalue weighted by Crippen LogP contribution is -2.41. The van der Waals surface area contributed by atoms with Crippen LogP contribution in [0.5, 0.6) is 0 Å². The molecule has 90 valence electrons. The highest BCUT2D eigenvalue weighted by Crippen LogP contribution is 1.90. The van der Waals surface area contributed by atoms with Gasteiger partial charge in [0.25, 0.3) is 0 Å². The Morgan fingerprint density at radius 3 is 2.40 bits per heavy atom. The van der Waals surface area contributed by atoms with Crippen molar-refractivity contribution in [2.75, 3.05) is 32.7 Å². The molecule has 0 rings (SSSR count). The van der Waals surface area contributed by atoms with Crippen LogP contribution >= 0.6 is 0 Å². The number of guanidine groups is 1. The molecule has 4 N–H and O–H groups in total. The quantitative estimate of drug-likeness (QED) is 0.186. The van der Waals surface area contributed by atoms with Gasteiger partial charge in [0, 0.05) is 13.1 Å². The lowest BCUT2D eigenvalue weighted by molar-refractivity contribution is 0.302. The molecule has 0 aromatic carbocycles.